The summed E-state index contributed by atoms with van der Waals surface area (Å²) in [7, 11) is 1.68. The van der Waals surface area contributed by atoms with Gasteiger partial charge in [0.15, 0.2) is 6.61 Å². The Morgan fingerprint density at radius 1 is 1.27 bits per heavy atom. The van der Waals surface area contributed by atoms with Crippen molar-refractivity contribution in [2.24, 2.45) is 0 Å². The SMILES string of the molecule is CCCOc1ccc(OCC(=O)N(C)C2(C#N)CCC2)cc1. The molecule has 1 aromatic carbocycles. The van der Waals surface area contributed by atoms with Crippen molar-refractivity contribution in [3.63, 3.8) is 0 Å². The van der Waals surface area contributed by atoms with Crippen LogP contribution in [0, 0.1) is 11.3 Å². The summed E-state index contributed by atoms with van der Waals surface area (Å²) < 4.78 is 11.0. The molecule has 0 heterocycles. The molecule has 1 amide bonds. The number of hydrogen-bond acceptors (Lipinski definition) is 4. The van der Waals surface area contributed by atoms with E-state index in [2.05, 4.69) is 13.0 Å². The Balaban J connectivity index is 1.84. The van der Waals surface area contributed by atoms with Crippen molar-refractivity contribution in [1.29, 1.82) is 5.26 Å². The number of nitrogens with zero attached hydrogens (tertiary/aromatic N) is 2. The maximum absolute atomic E-state index is 12.1. The van der Waals surface area contributed by atoms with Crippen LogP contribution in [0.4, 0.5) is 0 Å². The van der Waals surface area contributed by atoms with Gasteiger partial charge in [-0.1, -0.05) is 6.92 Å². The summed E-state index contributed by atoms with van der Waals surface area (Å²) in [5, 5.41) is 9.24. The van der Waals surface area contributed by atoms with Crippen LogP contribution in [0.3, 0.4) is 0 Å². The second-order valence-corrected chi connectivity index (χ2v) is 5.56. The van der Waals surface area contributed by atoms with Gasteiger partial charge in [-0.25, -0.2) is 0 Å². The molecular weight excluding hydrogens is 280 g/mol. The van der Waals surface area contributed by atoms with Crippen LogP contribution in [0.1, 0.15) is 32.6 Å². The molecule has 1 saturated carbocycles. The van der Waals surface area contributed by atoms with Gasteiger partial charge in [-0.2, -0.15) is 5.26 Å². The van der Waals surface area contributed by atoms with E-state index in [-0.39, 0.29) is 12.5 Å². The molecule has 0 unspecified atom stereocenters. The molecular formula is C17H22N2O3. The van der Waals surface area contributed by atoms with E-state index in [9.17, 15) is 10.1 Å². The fourth-order valence-corrected chi connectivity index (χ4v) is 2.37. The molecule has 0 saturated heterocycles. The third kappa shape index (κ3) is 3.51. The highest BCUT2D eigenvalue weighted by Crippen LogP contribution is 2.36. The average Bonchev–Trinajstić information content (AvgIpc) is 2.51. The van der Waals surface area contributed by atoms with E-state index in [1.54, 1.807) is 19.2 Å². The lowest BCUT2D eigenvalue weighted by atomic mass is 9.77. The van der Waals surface area contributed by atoms with Gasteiger partial charge in [-0.15, -0.1) is 0 Å². The lowest BCUT2D eigenvalue weighted by Gasteiger charge is -2.42. The molecule has 2 rings (SSSR count). The summed E-state index contributed by atoms with van der Waals surface area (Å²) in [6.45, 7) is 2.67. The van der Waals surface area contributed by atoms with E-state index in [1.807, 2.05) is 12.1 Å². The first kappa shape index (κ1) is 16.2. The molecule has 1 aliphatic carbocycles. The van der Waals surface area contributed by atoms with E-state index in [0.29, 0.717) is 12.4 Å². The normalized spacial score (nSPS) is 15.3. The lowest BCUT2D eigenvalue weighted by Crippen LogP contribution is -2.54. The number of likely N-dealkylation sites (N-methyl/N-ethyl adjacent to an activating group) is 1. The van der Waals surface area contributed by atoms with E-state index in [4.69, 9.17) is 9.47 Å². The van der Waals surface area contributed by atoms with Crippen LogP contribution < -0.4 is 9.47 Å². The second kappa shape index (κ2) is 7.17. The number of carbonyl (C=O) groups is 1. The van der Waals surface area contributed by atoms with Gasteiger partial charge in [0.2, 0.25) is 0 Å². The van der Waals surface area contributed by atoms with Crippen molar-refractivity contribution < 1.29 is 14.3 Å². The Hall–Kier alpha value is -2.22. The first-order valence-electron chi connectivity index (χ1n) is 7.65. The van der Waals surface area contributed by atoms with Crippen molar-refractivity contribution in [3.8, 4) is 17.6 Å². The van der Waals surface area contributed by atoms with Crippen LogP contribution in [0.5, 0.6) is 11.5 Å². The Bertz CT molecular complexity index is 544. The highest BCUT2D eigenvalue weighted by atomic mass is 16.5. The predicted octanol–water partition coefficient (Wildman–Crippen LogP) is 2.76. The number of hydrogen-bond donors (Lipinski definition) is 0. The molecule has 1 aromatic rings. The molecule has 1 fully saturated rings. The van der Waals surface area contributed by atoms with Gasteiger partial charge in [-0.3, -0.25) is 4.79 Å². The Kier molecular flexibility index (Phi) is 5.26. The molecule has 118 valence electrons. The second-order valence-electron chi connectivity index (χ2n) is 5.56. The van der Waals surface area contributed by atoms with Gasteiger partial charge in [-0.05, 0) is 49.9 Å². The van der Waals surface area contributed by atoms with Crippen LogP contribution in [-0.4, -0.2) is 36.6 Å². The number of rotatable bonds is 7. The van der Waals surface area contributed by atoms with Crippen molar-refractivity contribution in [2.45, 2.75) is 38.1 Å². The number of carbonyl (C=O) groups excluding carboxylic acids is 1. The van der Waals surface area contributed by atoms with E-state index in [0.717, 1.165) is 31.4 Å². The molecule has 0 aliphatic heterocycles. The number of amides is 1. The van der Waals surface area contributed by atoms with Gasteiger partial charge >= 0.3 is 0 Å². The first-order valence-corrected chi connectivity index (χ1v) is 7.65. The Morgan fingerprint density at radius 2 is 1.86 bits per heavy atom. The zero-order valence-corrected chi connectivity index (χ0v) is 13.2. The van der Waals surface area contributed by atoms with Gasteiger partial charge in [0.1, 0.15) is 17.0 Å². The zero-order valence-electron chi connectivity index (χ0n) is 13.2. The van der Waals surface area contributed by atoms with Crippen molar-refractivity contribution in [1.82, 2.24) is 4.90 Å². The minimum Gasteiger partial charge on any atom is -0.494 e. The van der Waals surface area contributed by atoms with Crippen LogP contribution in [0.25, 0.3) is 0 Å². The molecule has 0 spiro atoms. The minimum atomic E-state index is -0.627. The van der Waals surface area contributed by atoms with Crippen LogP contribution >= 0.6 is 0 Å². The number of benzene rings is 1. The molecule has 1 aliphatic rings. The predicted molar refractivity (Wildman–Crippen MR) is 82.7 cm³/mol. The lowest BCUT2D eigenvalue weighted by molar-refractivity contribution is -0.138. The third-order valence-corrected chi connectivity index (χ3v) is 4.06. The maximum atomic E-state index is 12.1. The summed E-state index contributed by atoms with van der Waals surface area (Å²) in [5.41, 5.74) is -0.627. The zero-order chi connectivity index (χ0) is 16.0. The fourth-order valence-electron chi connectivity index (χ4n) is 2.37. The van der Waals surface area contributed by atoms with Crippen molar-refractivity contribution in [3.05, 3.63) is 24.3 Å². The van der Waals surface area contributed by atoms with Gasteiger partial charge in [0, 0.05) is 7.05 Å². The molecule has 5 nitrogen and oxygen atoms in total. The summed E-state index contributed by atoms with van der Waals surface area (Å²) in [6, 6.07) is 9.46. The standard InChI is InChI=1S/C17H22N2O3/c1-3-11-21-14-5-7-15(8-6-14)22-12-16(20)19(2)17(13-18)9-4-10-17/h5-8H,3-4,9-12H2,1-2H3. The highest BCUT2D eigenvalue weighted by Gasteiger charge is 2.43. The van der Waals surface area contributed by atoms with Crippen LogP contribution in [0.2, 0.25) is 0 Å². The number of nitriles is 1. The van der Waals surface area contributed by atoms with Crippen LogP contribution in [-0.2, 0) is 4.79 Å². The molecule has 5 heteroatoms. The molecule has 0 N–H and O–H groups in total. The Morgan fingerprint density at radius 3 is 2.32 bits per heavy atom. The quantitative estimate of drug-likeness (QED) is 0.777. The summed E-state index contributed by atoms with van der Waals surface area (Å²) in [6.07, 6.45) is 3.44. The van der Waals surface area contributed by atoms with Gasteiger partial charge in [0.25, 0.3) is 5.91 Å². The van der Waals surface area contributed by atoms with E-state index < -0.39 is 5.54 Å². The van der Waals surface area contributed by atoms with Gasteiger partial charge in [0.05, 0.1) is 12.7 Å². The summed E-state index contributed by atoms with van der Waals surface area (Å²) >= 11 is 0. The molecule has 22 heavy (non-hydrogen) atoms. The smallest absolute Gasteiger partial charge is 0.261 e. The van der Waals surface area contributed by atoms with E-state index >= 15 is 0 Å². The number of ether oxygens (including phenoxy) is 2. The molecule has 0 aromatic heterocycles. The highest BCUT2D eigenvalue weighted by molar-refractivity contribution is 5.79. The topological polar surface area (TPSA) is 62.6 Å². The van der Waals surface area contributed by atoms with Crippen molar-refractivity contribution in [2.75, 3.05) is 20.3 Å². The van der Waals surface area contributed by atoms with Crippen LogP contribution in [0.15, 0.2) is 24.3 Å². The molecule has 0 atom stereocenters. The average molecular weight is 302 g/mol. The summed E-state index contributed by atoms with van der Waals surface area (Å²) in [4.78, 5) is 13.7. The minimum absolute atomic E-state index is 0.0604. The largest absolute Gasteiger partial charge is 0.494 e. The first-order chi connectivity index (χ1) is 10.6. The van der Waals surface area contributed by atoms with Crippen molar-refractivity contribution >= 4 is 5.91 Å². The monoisotopic (exact) mass is 302 g/mol. The Labute approximate surface area is 131 Å². The van der Waals surface area contributed by atoms with E-state index in [1.165, 1.54) is 4.90 Å². The third-order valence-electron chi connectivity index (χ3n) is 4.06. The molecule has 0 radical (unpaired) electrons. The molecule has 0 bridgehead atoms. The van der Waals surface area contributed by atoms with Gasteiger partial charge < -0.3 is 14.4 Å². The maximum Gasteiger partial charge on any atom is 0.261 e. The summed E-state index contributed by atoms with van der Waals surface area (Å²) in [5.74, 6) is 1.23. The fraction of sp³-hybridized carbons (Fsp3) is 0.529.